The Bertz CT molecular complexity index is 3720. The Labute approximate surface area is 290 Å². The molecule has 0 saturated heterocycles. The molecule has 0 bridgehead atoms. The topological polar surface area (TPSA) is 26.3 Å². The van der Waals surface area contributed by atoms with Gasteiger partial charge in [-0.15, -0.1) is 0 Å². The first kappa shape index (κ1) is 13.5. The SMILES string of the molecule is [2H]c1c([2H])c(-c2c3c([2H])c([2H])c([2H])c([2H])c3c(-c3c([2H])c([2H])c([2H])c4oc5ccccc5c34)c3c([2H])c([2H])c([2H])c([2H])c23)c([2H])c([2H])c1-c1c([2H])c([2H])c([2H])c2c1oc1ccccc12. The Morgan fingerprint density at radius 2 is 0.913 bits per heavy atom. The molecule has 8 aromatic carbocycles. The molecule has 0 atom stereocenters. The average Bonchev–Trinajstić information content (AvgIpc) is 3.87. The second-order valence-corrected chi connectivity index (χ2v) is 10.6. The lowest BCUT2D eigenvalue weighted by Crippen LogP contribution is -1.91. The maximum atomic E-state index is 9.58. The Hall–Kier alpha value is -6.12. The summed E-state index contributed by atoms with van der Waals surface area (Å²) in [4.78, 5) is 0. The smallest absolute Gasteiger partial charge is 0.143 e. The van der Waals surface area contributed by atoms with Crippen molar-refractivity contribution in [1.82, 2.24) is 0 Å². The van der Waals surface area contributed by atoms with Crippen LogP contribution in [0.5, 0.6) is 0 Å². The molecule has 2 aromatic heterocycles. The molecule has 2 nitrogen and oxygen atoms in total. The molecule has 0 radical (unpaired) electrons. The molecule has 2 heterocycles. The van der Waals surface area contributed by atoms with Crippen molar-refractivity contribution in [3.05, 3.63) is 157 Å². The highest BCUT2D eigenvalue weighted by Gasteiger charge is 2.20. The Kier molecular flexibility index (Phi) is 2.84. The number of benzene rings is 8. The second kappa shape index (κ2) is 9.69. The molecule has 0 N–H and O–H groups in total. The van der Waals surface area contributed by atoms with Crippen molar-refractivity contribution in [3.63, 3.8) is 0 Å². The van der Waals surface area contributed by atoms with Crippen LogP contribution in [0.1, 0.15) is 24.7 Å². The fourth-order valence-electron chi connectivity index (χ4n) is 6.20. The van der Waals surface area contributed by atoms with Gasteiger partial charge in [0.05, 0.1) is 24.7 Å². The van der Waals surface area contributed by atoms with Crippen molar-refractivity contribution in [1.29, 1.82) is 0 Å². The quantitative estimate of drug-likeness (QED) is 0.188. The number of hydrogen-bond donors (Lipinski definition) is 0. The van der Waals surface area contributed by atoms with Gasteiger partial charge in [-0.25, -0.2) is 0 Å². The van der Waals surface area contributed by atoms with Crippen LogP contribution in [-0.4, -0.2) is 0 Å². The minimum atomic E-state index is -0.854. The van der Waals surface area contributed by atoms with Crippen LogP contribution in [0.4, 0.5) is 0 Å². The van der Waals surface area contributed by atoms with Crippen LogP contribution >= 0.6 is 0 Å². The van der Waals surface area contributed by atoms with Crippen molar-refractivity contribution in [3.8, 4) is 33.4 Å². The summed E-state index contributed by atoms with van der Waals surface area (Å²) in [6.07, 6.45) is 0. The first-order valence-corrected chi connectivity index (χ1v) is 14.2. The normalized spacial score (nSPS) is 17.4. The Morgan fingerprint density at radius 3 is 1.63 bits per heavy atom. The molecule has 0 aliphatic carbocycles. The minimum absolute atomic E-state index is 0.0425. The number of para-hydroxylation sites is 3. The molecule has 0 fully saturated rings. The maximum Gasteiger partial charge on any atom is 0.143 e. The summed E-state index contributed by atoms with van der Waals surface area (Å²) in [6, 6.07) is -0.0557. The molecule has 214 valence electrons. The molecule has 0 aliphatic heterocycles. The van der Waals surface area contributed by atoms with E-state index < -0.39 is 141 Å². The summed E-state index contributed by atoms with van der Waals surface area (Å²) in [6.45, 7) is 0. The lowest BCUT2D eigenvalue weighted by molar-refractivity contribution is 0.669. The van der Waals surface area contributed by atoms with Crippen LogP contribution in [0.15, 0.2) is 166 Å². The summed E-state index contributed by atoms with van der Waals surface area (Å²) < 4.78 is 177. The van der Waals surface area contributed by atoms with Crippen molar-refractivity contribution < 1.29 is 33.5 Å². The van der Waals surface area contributed by atoms with Gasteiger partial charge in [0, 0.05) is 27.1 Å². The monoisotopic (exact) mass is 604 g/mol. The largest absolute Gasteiger partial charge is 0.456 e. The van der Waals surface area contributed by atoms with Gasteiger partial charge in [0.25, 0.3) is 0 Å². The van der Waals surface area contributed by atoms with E-state index in [1.165, 1.54) is 0 Å². The fourth-order valence-corrected chi connectivity index (χ4v) is 6.20. The van der Waals surface area contributed by atoms with Gasteiger partial charge >= 0.3 is 0 Å². The number of hydrogen-bond acceptors (Lipinski definition) is 2. The van der Waals surface area contributed by atoms with Gasteiger partial charge < -0.3 is 8.83 Å². The van der Waals surface area contributed by atoms with E-state index in [1.54, 1.807) is 48.5 Å². The lowest BCUT2D eigenvalue weighted by Gasteiger charge is -2.18. The predicted octanol–water partition coefficient (Wildman–Crippen LogP) is 12.8. The molecule has 0 saturated carbocycles. The molecular formula is C44H26O2. The van der Waals surface area contributed by atoms with E-state index in [0.29, 0.717) is 10.8 Å². The molecule has 2 heteroatoms. The predicted molar refractivity (Wildman–Crippen MR) is 192 cm³/mol. The van der Waals surface area contributed by atoms with Gasteiger partial charge in [0.2, 0.25) is 0 Å². The van der Waals surface area contributed by atoms with Crippen LogP contribution in [0, 0.1) is 0 Å². The highest BCUT2D eigenvalue weighted by Crippen LogP contribution is 2.47. The van der Waals surface area contributed by atoms with Crippen molar-refractivity contribution in [2.24, 2.45) is 0 Å². The molecule has 0 unspecified atom stereocenters. The summed E-state index contributed by atoms with van der Waals surface area (Å²) in [5.74, 6) is 0. The number of furan rings is 2. The highest BCUT2D eigenvalue weighted by atomic mass is 16.3. The minimum Gasteiger partial charge on any atom is -0.456 e. The molecule has 0 spiro atoms. The third kappa shape index (κ3) is 3.59. The second-order valence-electron chi connectivity index (χ2n) is 10.6. The zero-order valence-electron chi connectivity index (χ0n) is 41.4. The maximum absolute atomic E-state index is 9.58. The van der Waals surface area contributed by atoms with Gasteiger partial charge in [0.15, 0.2) is 0 Å². The zero-order valence-corrected chi connectivity index (χ0v) is 23.4. The number of rotatable bonds is 3. The first-order chi connectivity index (χ1) is 30.3. The molecule has 0 amide bonds. The van der Waals surface area contributed by atoms with Gasteiger partial charge in [-0.05, 0) is 67.5 Å². The van der Waals surface area contributed by atoms with E-state index in [-0.39, 0.29) is 55.8 Å². The summed E-state index contributed by atoms with van der Waals surface area (Å²) >= 11 is 0. The van der Waals surface area contributed by atoms with E-state index in [1.807, 2.05) is 0 Å². The molecular weight excluding hydrogens is 560 g/mol. The average molecular weight is 605 g/mol. The van der Waals surface area contributed by atoms with Crippen LogP contribution in [0.3, 0.4) is 0 Å². The standard InChI is InChI=1S/C44H26O2/c1-3-14-33-31(12-1)41(28-25-23-27(24-26-28)29-17-9-18-35-30-11-5-7-20-38(30)46-44(29)35)32-13-2-4-15-34(32)42(33)37-19-10-22-40-43(37)36-16-6-8-21-39(36)45-40/h1-26H/i1D,2D,3D,4D,9D,10D,12D,13D,14D,15D,17D,18D,19D,22D,23D,24D,25D,26D. The summed E-state index contributed by atoms with van der Waals surface area (Å²) in [7, 11) is 0. The van der Waals surface area contributed by atoms with Gasteiger partial charge in [0.1, 0.15) is 22.3 Å². The van der Waals surface area contributed by atoms with E-state index in [0.717, 1.165) is 0 Å². The third-order valence-corrected chi connectivity index (χ3v) is 8.16. The van der Waals surface area contributed by atoms with E-state index in [2.05, 4.69) is 0 Å². The molecule has 10 aromatic rings. The summed E-state index contributed by atoms with van der Waals surface area (Å²) in [5.41, 5.74) is -2.44. The molecule has 10 rings (SSSR count). The fraction of sp³-hybridized carbons (Fsp3) is 0. The Balaban J connectivity index is 1.46. The van der Waals surface area contributed by atoms with Gasteiger partial charge in [-0.3, -0.25) is 0 Å². The van der Waals surface area contributed by atoms with E-state index in [9.17, 15) is 12.3 Å². The van der Waals surface area contributed by atoms with Crippen LogP contribution in [-0.2, 0) is 0 Å². The van der Waals surface area contributed by atoms with Crippen LogP contribution in [0.25, 0.3) is 98.8 Å². The molecule has 0 aliphatic rings. The van der Waals surface area contributed by atoms with E-state index >= 15 is 0 Å². The lowest BCUT2D eigenvalue weighted by atomic mass is 9.84. The highest BCUT2D eigenvalue weighted by molar-refractivity contribution is 6.25. The zero-order chi connectivity index (χ0) is 45.9. The number of fused-ring (bicyclic) bond motifs is 8. The van der Waals surface area contributed by atoms with Crippen molar-refractivity contribution in [2.75, 3.05) is 0 Å². The van der Waals surface area contributed by atoms with Crippen molar-refractivity contribution in [2.45, 2.75) is 0 Å². The van der Waals surface area contributed by atoms with Crippen LogP contribution < -0.4 is 0 Å². The van der Waals surface area contributed by atoms with Crippen molar-refractivity contribution >= 4 is 65.4 Å². The van der Waals surface area contributed by atoms with Gasteiger partial charge in [-0.2, -0.15) is 0 Å². The van der Waals surface area contributed by atoms with Crippen LogP contribution in [0.2, 0.25) is 0 Å². The Morgan fingerprint density at radius 1 is 0.370 bits per heavy atom. The first-order valence-electron chi connectivity index (χ1n) is 23.2. The van der Waals surface area contributed by atoms with Gasteiger partial charge in [-0.1, -0.05) is 139 Å². The molecule has 46 heavy (non-hydrogen) atoms. The summed E-state index contributed by atoms with van der Waals surface area (Å²) in [5, 5.41) is -1.03. The third-order valence-electron chi connectivity index (χ3n) is 8.16. The van der Waals surface area contributed by atoms with E-state index in [4.69, 9.17) is 21.2 Å².